The third kappa shape index (κ3) is 4.97. The minimum absolute atomic E-state index is 0.0306. The maximum absolute atomic E-state index is 12.0. The molecule has 24 heavy (non-hydrogen) atoms. The molecule has 0 aliphatic heterocycles. The van der Waals surface area contributed by atoms with Crippen molar-refractivity contribution in [3.05, 3.63) is 46.2 Å². The Balaban J connectivity index is 2.05. The van der Waals surface area contributed by atoms with Crippen molar-refractivity contribution >= 4 is 17.2 Å². The first kappa shape index (κ1) is 18.3. The number of ether oxygens (including phenoxy) is 3. The Labute approximate surface area is 146 Å². The number of thiophene rings is 1. The van der Waals surface area contributed by atoms with E-state index in [0.717, 1.165) is 10.4 Å². The van der Waals surface area contributed by atoms with Crippen molar-refractivity contribution in [2.45, 2.75) is 20.1 Å². The summed E-state index contributed by atoms with van der Waals surface area (Å²) in [4.78, 5) is 14.9. The molecule has 6 heteroatoms. The van der Waals surface area contributed by atoms with Crippen LogP contribution in [-0.4, -0.2) is 38.2 Å². The van der Waals surface area contributed by atoms with Gasteiger partial charge in [0.2, 0.25) is 5.91 Å². The Morgan fingerprint density at radius 2 is 2.04 bits per heavy atom. The zero-order valence-corrected chi connectivity index (χ0v) is 15.1. The number of likely N-dealkylation sites (N-methyl/N-ethyl adjacent to an activating group) is 1. The molecule has 0 saturated carbocycles. The van der Waals surface area contributed by atoms with Gasteiger partial charge in [0, 0.05) is 25.1 Å². The highest BCUT2D eigenvalue weighted by molar-refractivity contribution is 7.09. The molecule has 0 unspecified atom stereocenters. The maximum Gasteiger partial charge on any atom is 0.248 e. The standard InChI is InChI=1S/C18H23NO4S/c1-4-19(18(20)13-21-2)11-14-7-8-16(17(10-14)22-3)23-12-15-6-5-9-24-15/h5-10H,4,11-13H2,1-3H3. The summed E-state index contributed by atoms with van der Waals surface area (Å²) in [5, 5.41) is 2.02. The van der Waals surface area contributed by atoms with Crippen LogP contribution in [-0.2, 0) is 22.7 Å². The van der Waals surface area contributed by atoms with E-state index in [-0.39, 0.29) is 12.5 Å². The first-order valence-corrected chi connectivity index (χ1v) is 8.64. The monoisotopic (exact) mass is 349 g/mol. The minimum Gasteiger partial charge on any atom is -0.493 e. The average molecular weight is 349 g/mol. The van der Waals surface area contributed by atoms with Gasteiger partial charge in [-0.05, 0) is 36.1 Å². The lowest BCUT2D eigenvalue weighted by Crippen LogP contribution is -2.33. The molecular formula is C18H23NO4S. The summed E-state index contributed by atoms with van der Waals surface area (Å²) in [6, 6.07) is 9.78. The molecule has 2 aromatic rings. The number of methoxy groups -OCH3 is 2. The van der Waals surface area contributed by atoms with Crippen molar-refractivity contribution in [1.29, 1.82) is 0 Å². The Morgan fingerprint density at radius 3 is 2.67 bits per heavy atom. The smallest absolute Gasteiger partial charge is 0.248 e. The molecule has 0 atom stereocenters. The van der Waals surface area contributed by atoms with Crippen molar-refractivity contribution in [2.24, 2.45) is 0 Å². The molecule has 5 nitrogen and oxygen atoms in total. The number of carbonyl (C=O) groups excluding carboxylic acids is 1. The van der Waals surface area contributed by atoms with Gasteiger partial charge in [-0.25, -0.2) is 0 Å². The second-order valence-corrected chi connectivity index (χ2v) is 6.23. The van der Waals surface area contributed by atoms with Crippen molar-refractivity contribution in [1.82, 2.24) is 4.90 Å². The molecule has 0 aliphatic rings. The van der Waals surface area contributed by atoms with Crippen LogP contribution in [0.4, 0.5) is 0 Å². The van der Waals surface area contributed by atoms with E-state index in [2.05, 4.69) is 0 Å². The van der Waals surface area contributed by atoms with Crippen LogP contribution >= 0.6 is 11.3 Å². The van der Waals surface area contributed by atoms with Crippen LogP contribution in [0.15, 0.2) is 35.7 Å². The van der Waals surface area contributed by atoms with Crippen molar-refractivity contribution in [3.63, 3.8) is 0 Å². The van der Waals surface area contributed by atoms with E-state index in [1.165, 1.54) is 7.11 Å². The highest BCUT2D eigenvalue weighted by Gasteiger charge is 2.13. The lowest BCUT2D eigenvalue weighted by atomic mass is 10.2. The Kier molecular flexibility index (Phi) is 7.08. The van der Waals surface area contributed by atoms with E-state index >= 15 is 0 Å². The largest absolute Gasteiger partial charge is 0.493 e. The summed E-state index contributed by atoms with van der Waals surface area (Å²) in [6.45, 7) is 3.69. The Morgan fingerprint density at radius 1 is 1.21 bits per heavy atom. The molecule has 0 bridgehead atoms. The summed E-state index contributed by atoms with van der Waals surface area (Å²) in [6.07, 6.45) is 0. The van der Waals surface area contributed by atoms with Crippen LogP contribution in [0.25, 0.3) is 0 Å². The highest BCUT2D eigenvalue weighted by Crippen LogP contribution is 2.29. The van der Waals surface area contributed by atoms with E-state index in [4.69, 9.17) is 14.2 Å². The second-order valence-electron chi connectivity index (χ2n) is 5.19. The fourth-order valence-corrected chi connectivity index (χ4v) is 2.90. The SMILES string of the molecule is CCN(Cc1ccc(OCc2cccs2)c(OC)c1)C(=O)COC. The molecule has 2 rings (SSSR count). The lowest BCUT2D eigenvalue weighted by molar-refractivity contribution is -0.135. The number of nitrogens with zero attached hydrogens (tertiary/aromatic N) is 1. The molecule has 1 aromatic carbocycles. The van der Waals surface area contributed by atoms with E-state index in [9.17, 15) is 4.79 Å². The van der Waals surface area contributed by atoms with Crippen LogP contribution in [0, 0.1) is 0 Å². The van der Waals surface area contributed by atoms with E-state index in [1.807, 2.05) is 42.6 Å². The van der Waals surface area contributed by atoms with Gasteiger partial charge in [0.25, 0.3) is 0 Å². The van der Waals surface area contributed by atoms with Crippen molar-refractivity contribution in [2.75, 3.05) is 27.4 Å². The highest BCUT2D eigenvalue weighted by atomic mass is 32.1. The Bertz CT molecular complexity index is 642. The van der Waals surface area contributed by atoms with Crippen LogP contribution in [0.3, 0.4) is 0 Å². The molecule has 130 valence electrons. The second kappa shape index (κ2) is 9.30. The number of amides is 1. The molecule has 0 aliphatic carbocycles. The van der Waals surface area contributed by atoms with Gasteiger partial charge in [-0.3, -0.25) is 4.79 Å². The predicted molar refractivity (Wildman–Crippen MR) is 94.6 cm³/mol. The predicted octanol–water partition coefficient (Wildman–Crippen LogP) is 3.33. The van der Waals surface area contributed by atoms with Crippen LogP contribution in [0.1, 0.15) is 17.4 Å². The van der Waals surface area contributed by atoms with Crippen molar-refractivity contribution < 1.29 is 19.0 Å². The zero-order chi connectivity index (χ0) is 17.4. The Hall–Kier alpha value is -2.05. The summed E-state index contributed by atoms with van der Waals surface area (Å²) in [5.74, 6) is 1.33. The zero-order valence-electron chi connectivity index (χ0n) is 14.3. The molecule has 0 spiro atoms. The first-order valence-electron chi connectivity index (χ1n) is 7.76. The number of hydrogen-bond acceptors (Lipinski definition) is 5. The summed E-state index contributed by atoms with van der Waals surface area (Å²) < 4.78 is 16.2. The van der Waals surface area contributed by atoms with Crippen LogP contribution in [0.5, 0.6) is 11.5 Å². The number of hydrogen-bond donors (Lipinski definition) is 0. The number of benzene rings is 1. The third-order valence-corrected chi connectivity index (χ3v) is 4.40. The summed E-state index contributed by atoms with van der Waals surface area (Å²) in [7, 11) is 3.14. The fourth-order valence-electron chi connectivity index (χ4n) is 2.28. The minimum atomic E-state index is -0.0306. The van der Waals surface area contributed by atoms with Gasteiger partial charge in [-0.2, -0.15) is 0 Å². The van der Waals surface area contributed by atoms with Gasteiger partial charge in [0.15, 0.2) is 11.5 Å². The van der Waals surface area contributed by atoms with Gasteiger partial charge in [-0.15, -0.1) is 11.3 Å². The molecule has 0 radical (unpaired) electrons. The van der Waals surface area contributed by atoms with E-state index < -0.39 is 0 Å². The van der Waals surface area contributed by atoms with Crippen molar-refractivity contribution in [3.8, 4) is 11.5 Å². The third-order valence-electron chi connectivity index (χ3n) is 3.55. The van der Waals surface area contributed by atoms with Crippen LogP contribution in [0.2, 0.25) is 0 Å². The van der Waals surface area contributed by atoms with Gasteiger partial charge in [-0.1, -0.05) is 12.1 Å². The van der Waals surface area contributed by atoms with Gasteiger partial charge >= 0.3 is 0 Å². The van der Waals surface area contributed by atoms with Gasteiger partial charge in [0.1, 0.15) is 13.2 Å². The first-order chi connectivity index (χ1) is 11.7. The fraction of sp³-hybridized carbons (Fsp3) is 0.389. The van der Waals surface area contributed by atoms with E-state index in [1.54, 1.807) is 23.3 Å². The molecule has 1 aromatic heterocycles. The molecule has 1 amide bonds. The summed E-state index contributed by atoms with van der Waals surface area (Å²) in [5.41, 5.74) is 0.988. The number of carbonyl (C=O) groups is 1. The maximum atomic E-state index is 12.0. The van der Waals surface area contributed by atoms with Gasteiger partial charge in [0.05, 0.1) is 7.11 Å². The number of rotatable bonds is 9. The van der Waals surface area contributed by atoms with Crippen LogP contribution < -0.4 is 9.47 Å². The average Bonchev–Trinajstić information content (AvgIpc) is 3.11. The summed E-state index contributed by atoms with van der Waals surface area (Å²) >= 11 is 1.66. The molecular weight excluding hydrogens is 326 g/mol. The molecule has 0 saturated heterocycles. The molecule has 1 heterocycles. The topological polar surface area (TPSA) is 48.0 Å². The lowest BCUT2D eigenvalue weighted by Gasteiger charge is -2.21. The van der Waals surface area contributed by atoms with Gasteiger partial charge < -0.3 is 19.1 Å². The molecule has 0 fully saturated rings. The normalized spacial score (nSPS) is 10.5. The quantitative estimate of drug-likeness (QED) is 0.697. The molecule has 0 N–H and O–H groups in total. The van der Waals surface area contributed by atoms with E-state index in [0.29, 0.717) is 31.2 Å².